The standard InChI is InChI=1S/C19H11ClFN3/c20-16-9-13(3-5-17(16)21)19-15(2-1-7-23-19)12-4-6-18-14(8-12)10-22-11-24-18/h1-11H. The molecule has 0 spiro atoms. The smallest absolute Gasteiger partial charge is 0.141 e. The number of hydrogen-bond acceptors (Lipinski definition) is 3. The van der Waals surface area contributed by atoms with Gasteiger partial charge in [0.2, 0.25) is 0 Å². The largest absolute Gasteiger partial charge is 0.256 e. The Hall–Kier alpha value is -2.85. The summed E-state index contributed by atoms with van der Waals surface area (Å²) in [6.07, 6.45) is 5.01. The number of pyridine rings is 1. The number of fused-ring (bicyclic) bond motifs is 1. The lowest BCUT2D eigenvalue weighted by Gasteiger charge is -2.10. The molecule has 116 valence electrons. The van der Waals surface area contributed by atoms with E-state index in [9.17, 15) is 4.39 Å². The molecule has 4 rings (SSSR count). The fourth-order valence-corrected chi connectivity index (χ4v) is 2.84. The van der Waals surface area contributed by atoms with E-state index >= 15 is 0 Å². The highest BCUT2D eigenvalue weighted by atomic mass is 35.5. The summed E-state index contributed by atoms with van der Waals surface area (Å²) in [7, 11) is 0. The third kappa shape index (κ3) is 2.61. The van der Waals surface area contributed by atoms with Gasteiger partial charge in [-0.25, -0.2) is 14.4 Å². The Kier molecular flexibility index (Phi) is 3.67. The highest BCUT2D eigenvalue weighted by Gasteiger charge is 2.11. The summed E-state index contributed by atoms with van der Waals surface area (Å²) in [5, 5.41) is 1.03. The molecule has 0 amide bonds. The molecule has 0 aliphatic carbocycles. The minimum Gasteiger partial charge on any atom is -0.256 e. The molecule has 0 aliphatic rings. The van der Waals surface area contributed by atoms with Crippen LogP contribution in [-0.4, -0.2) is 15.0 Å². The average Bonchev–Trinajstić information content (AvgIpc) is 2.63. The molecule has 0 aliphatic heterocycles. The number of hydrogen-bond donors (Lipinski definition) is 0. The predicted octanol–water partition coefficient (Wildman–Crippen LogP) is 5.15. The average molecular weight is 336 g/mol. The van der Waals surface area contributed by atoms with Crippen molar-refractivity contribution in [2.75, 3.05) is 0 Å². The number of benzene rings is 2. The van der Waals surface area contributed by atoms with Crippen LogP contribution < -0.4 is 0 Å². The molecule has 24 heavy (non-hydrogen) atoms. The van der Waals surface area contributed by atoms with E-state index in [1.54, 1.807) is 24.5 Å². The van der Waals surface area contributed by atoms with Gasteiger partial charge in [0.05, 0.1) is 16.2 Å². The highest BCUT2D eigenvalue weighted by molar-refractivity contribution is 6.31. The van der Waals surface area contributed by atoms with Crippen molar-refractivity contribution in [2.24, 2.45) is 0 Å². The maximum Gasteiger partial charge on any atom is 0.141 e. The van der Waals surface area contributed by atoms with Crippen LogP contribution in [0.5, 0.6) is 0 Å². The second-order valence-electron chi connectivity index (χ2n) is 5.32. The number of rotatable bonds is 2. The topological polar surface area (TPSA) is 38.7 Å². The second kappa shape index (κ2) is 5.98. The van der Waals surface area contributed by atoms with Gasteiger partial charge in [0, 0.05) is 28.9 Å². The van der Waals surface area contributed by atoms with Crippen LogP contribution in [0.1, 0.15) is 0 Å². The monoisotopic (exact) mass is 335 g/mol. The molecule has 4 aromatic rings. The van der Waals surface area contributed by atoms with Gasteiger partial charge in [-0.2, -0.15) is 0 Å². The van der Waals surface area contributed by atoms with Crippen LogP contribution in [0.2, 0.25) is 5.02 Å². The lowest BCUT2D eigenvalue weighted by atomic mass is 9.98. The van der Waals surface area contributed by atoms with Crippen molar-refractivity contribution in [1.29, 1.82) is 0 Å². The van der Waals surface area contributed by atoms with Gasteiger partial charge in [0.25, 0.3) is 0 Å². The lowest BCUT2D eigenvalue weighted by molar-refractivity contribution is 0.628. The molecular weight excluding hydrogens is 325 g/mol. The van der Waals surface area contributed by atoms with Crippen molar-refractivity contribution in [3.63, 3.8) is 0 Å². The Labute approximate surface area is 142 Å². The Morgan fingerprint density at radius 3 is 2.67 bits per heavy atom. The molecular formula is C19H11ClFN3. The number of halogens is 2. The molecule has 5 heteroatoms. The van der Waals surface area contributed by atoms with E-state index in [2.05, 4.69) is 15.0 Å². The summed E-state index contributed by atoms with van der Waals surface area (Å²) in [5.41, 5.74) is 4.31. The van der Waals surface area contributed by atoms with Crippen molar-refractivity contribution in [3.05, 3.63) is 78.1 Å². The zero-order chi connectivity index (χ0) is 16.5. The number of aromatic nitrogens is 3. The van der Waals surface area contributed by atoms with Crippen LogP contribution in [0.3, 0.4) is 0 Å². The minimum absolute atomic E-state index is 0.0796. The van der Waals surface area contributed by atoms with Crippen molar-refractivity contribution >= 4 is 22.5 Å². The van der Waals surface area contributed by atoms with Crippen molar-refractivity contribution < 1.29 is 4.39 Å². The summed E-state index contributed by atoms with van der Waals surface area (Å²) >= 11 is 5.92. The zero-order valence-corrected chi connectivity index (χ0v) is 13.2. The van der Waals surface area contributed by atoms with Gasteiger partial charge < -0.3 is 0 Å². The lowest BCUT2D eigenvalue weighted by Crippen LogP contribution is -1.90. The van der Waals surface area contributed by atoms with Gasteiger partial charge in [0.1, 0.15) is 12.1 Å². The van der Waals surface area contributed by atoms with Gasteiger partial charge in [0.15, 0.2) is 0 Å². The van der Waals surface area contributed by atoms with Crippen LogP contribution in [0.15, 0.2) is 67.3 Å². The van der Waals surface area contributed by atoms with E-state index in [0.717, 1.165) is 33.3 Å². The maximum atomic E-state index is 13.4. The van der Waals surface area contributed by atoms with E-state index in [1.165, 1.54) is 12.4 Å². The Morgan fingerprint density at radius 1 is 0.917 bits per heavy atom. The van der Waals surface area contributed by atoms with Gasteiger partial charge in [-0.1, -0.05) is 23.7 Å². The van der Waals surface area contributed by atoms with Crippen LogP contribution in [0.25, 0.3) is 33.3 Å². The first-order valence-corrected chi connectivity index (χ1v) is 7.71. The summed E-state index contributed by atoms with van der Waals surface area (Å²) in [6, 6.07) is 14.4. The Balaban J connectivity index is 1.90. The SMILES string of the molecule is Fc1ccc(-c2ncccc2-c2ccc3ncncc3c2)cc1Cl. The summed E-state index contributed by atoms with van der Waals surface area (Å²) in [6.45, 7) is 0. The quantitative estimate of drug-likeness (QED) is 0.508. The van der Waals surface area contributed by atoms with Crippen molar-refractivity contribution in [2.45, 2.75) is 0 Å². The van der Waals surface area contributed by atoms with E-state index in [0.29, 0.717) is 0 Å². The molecule has 2 aromatic heterocycles. The summed E-state index contributed by atoms with van der Waals surface area (Å²) in [5.74, 6) is -0.444. The first-order chi connectivity index (χ1) is 11.7. The van der Waals surface area contributed by atoms with Gasteiger partial charge in [-0.15, -0.1) is 0 Å². The van der Waals surface area contributed by atoms with Crippen molar-refractivity contribution in [3.8, 4) is 22.4 Å². The molecule has 0 saturated carbocycles. The minimum atomic E-state index is -0.444. The van der Waals surface area contributed by atoms with E-state index in [1.807, 2.05) is 30.3 Å². The van der Waals surface area contributed by atoms with E-state index in [-0.39, 0.29) is 5.02 Å². The molecule has 3 nitrogen and oxygen atoms in total. The third-order valence-electron chi connectivity index (χ3n) is 3.82. The normalized spacial score (nSPS) is 10.9. The van der Waals surface area contributed by atoms with Crippen LogP contribution in [-0.2, 0) is 0 Å². The van der Waals surface area contributed by atoms with Gasteiger partial charge >= 0.3 is 0 Å². The Morgan fingerprint density at radius 2 is 1.79 bits per heavy atom. The third-order valence-corrected chi connectivity index (χ3v) is 4.11. The van der Waals surface area contributed by atoms with Crippen LogP contribution in [0, 0.1) is 5.82 Å². The molecule has 0 unspecified atom stereocenters. The first-order valence-electron chi connectivity index (χ1n) is 7.33. The Bertz CT molecular complexity index is 1050. The highest BCUT2D eigenvalue weighted by Crippen LogP contribution is 2.33. The molecule has 0 bridgehead atoms. The van der Waals surface area contributed by atoms with Crippen molar-refractivity contribution in [1.82, 2.24) is 15.0 Å². The molecule has 0 fully saturated rings. The van der Waals surface area contributed by atoms with Crippen LogP contribution in [0.4, 0.5) is 4.39 Å². The number of nitrogens with zero attached hydrogens (tertiary/aromatic N) is 3. The maximum absolute atomic E-state index is 13.4. The molecule has 2 aromatic carbocycles. The summed E-state index contributed by atoms with van der Waals surface area (Å²) < 4.78 is 13.4. The van der Waals surface area contributed by atoms with Gasteiger partial charge in [-0.3, -0.25) is 4.98 Å². The van der Waals surface area contributed by atoms with E-state index in [4.69, 9.17) is 11.6 Å². The molecule has 2 heterocycles. The molecule has 0 atom stereocenters. The zero-order valence-electron chi connectivity index (χ0n) is 12.4. The molecule has 0 saturated heterocycles. The summed E-state index contributed by atoms with van der Waals surface area (Å²) in [4.78, 5) is 12.8. The molecule has 0 radical (unpaired) electrons. The first kappa shape index (κ1) is 14.7. The fourth-order valence-electron chi connectivity index (χ4n) is 2.66. The predicted molar refractivity (Wildman–Crippen MR) is 93.2 cm³/mol. The second-order valence-corrected chi connectivity index (χ2v) is 5.73. The fraction of sp³-hybridized carbons (Fsp3) is 0. The molecule has 0 N–H and O–H groups in total. The van der Waals surface area contributed by atoms with E-state index < -0.39 is 5.82 Å². The van der Waals surface area contributed by atoms with Gasteiger partial charge in [-0.05, 0) is 42.0 Å². The van der Waals surface area contributed by atoms with Crippen LogP contribution >= 0.6 is 11.6 Å².